The number of hydrogen-bond donors (Lipinski definition) is 2. The highest BCUT2D eigenvalue weighted by Gasteiger charge is 2.05. The standard InChI is InChI=1S/C18H23NO2/c1-2-15-8-10-17(11-9-15)21-13-12-19-14-18(20)16-6-4-3-5-7-16/h3-11,18-20H,2,12-14H2,1H3. The fraction of sp³-hybridized carbons (Fsp3) is 0.333. The molecule has 3 heteroatoms. The number of rotatable bonds is 8. The summed E-state index contributed by atoms with van der Waals surface area (Å²) in [6, 6.07) is 17.8. The van der Waals surface area contributed by atoms with E-state index in [9.17, 15) is 5.11 Å². The zero-order valence-corrected chi connectivity index (χ0v) is 12.5. The molecule has 0 amide bonds. The Balaban J connectivity index is 1.63. The lowest BCUT2D eigenvalue weighted by atomic mass is 10.1. The van der Waals surface area contributed by atoms with Crippen LogP contribution in [-0.2, 0) is 6.42 Å². The Kier molecular flexibility index (Phi) is 6.25. The van der Waals surface area contributed by atoms with Crippen LogP contribution in [0, 0.1) is 0 Å². The second kappa shape index (κ2) is 8.45. The normalized spacial score (nSPS) is 12.1. The first kappa shape index (κ1) is 15.5. The number of ether oxygens (including phenoxy) is 1. The molecule has 0 radical (unpaired) electrons. The average Bonchev–Trinajstić information content (AvgIpc) is 2.55. The lowest BCUT2D eigenvalue weighted by Gasteiger charge is -2.12. The van der Waals surface area contributed by atoms with Crippen molar-refractivity contribution >= 4 is 0 Å². The molecule has 0 aliphatic carbocycles. The molecule has 0 saturated carbocycles. The van der Waals surface area contributed by atoms with Gasteiger partial charge >= 0.3 is 0 Å². The van der Waals surface area contributed by atoms with Gasteiger partial charge in [0.2, 0.25) is 0 Å². The second-order valence-electron chi connectivity index (χ2n) is 4.98. The molecule has 0 bridgehead atoms. The van der Waals surface area contributed by atoms with E-state index in [1.807, 2.05) is 42.5 Å². The number of aliphatic hydroxyl groups is 1. The molecule has 0 fully saturated rings. The van der Waals surface area contributed by atoms with Gasteiger partial charge in [-0.3, -0.25) is 0 Å². The topological polar surface area (TPSA) is 41.5 Å². The molecule has 0 heterocycles. The van der Waals surface area contributed by atoms with Gasteiger partial charge in [0.25, 0.3) is 0 Å². The predicted octanol–water partition coefficient (Wildman–Crippen LogP) is 2.95. The third kappa shape index (κ3) is 5.21. The first-order valence-electron chi connectivity index (χ1n) is 7.45. The van der Waals surface area contributed by atoms with Gasteiger partial charge in [0.05, 0.1) is 6.10 Å². The SMILES string of the molecule is CCc1ccc(OCCNCC(O)c2ccccc2)cc1. The number of benzene rings is 2. The highest BCUT2D eigenvalue weighted by Crippen LogP contribution is 2.12. The van der Waals surface area contributed by atoms with Crippen LogP contribution in [0.25, 0.3) is 0 Å². The molecule has 2 rings (SSSR count). The van der Waals surface area contributed by atoms with E-state index in [0.29, 0.717) is 19.7 Å². The van der Waals surface area contributed by atoms with Crippen LogP contribution in [0.3, 0.4) is 0 Å². The summed E-state index contributed by atoms with van der Waals surface area (Å²) in [4.78, 5) is 0. The van der Waals surface area contributed by atoms with Crippen LogP contribution in [0.15, 0.2) is 54.6 Å². The highest BCUT2D eigenvalue weighted by atomic mass is 16.5. The van der Waals surface area contributed by atoms with E-state index in [2.05, 4.69) is 24.4 Å². The quantitative estimate of drug-likeness (QED) is 0.733. The van der Waals surface area contributed by atoms with Crippen LogP contribution in [0.5, 0.6) is 5.75 Å². The molecule has 2 aromatic carbocycles. The number of nitrogens with one attached hydrogen (secondary N) is 1. The van der Waals surface area contributed by atoms with Crippen LogP contribution in [-0.4, -0.2) is 24.8 Å². The lowest BCUT2D eigenvalue weighted by Crippen LogP contribution is -2.26. The van der Waals surface area contributed by atoms with Crippen molar-refractivity contribution < 1.29 is 9.84 Å². The molecule has 2 N–H and O–H groups in total. The number of hydrogen-bond acceptors (Lipinski definition) is 3. The lowest BCUT2D eigenvalue weighted by molar-refractivity contribution is 0.172. The van der Waals surface area contributed by atoms with E-state index in [0.717, 1.165) is 17.7 Å². The largest absolute Gasteiger partial charge is 0.492 e. The van der Waals surface area contributed by atoms with Gasteiger partial charge < -0.3 is 15.2 Å². The molecule has 1 atom stereocenters. The van der Waals surface area contributed by atoms with Gasteiger partial charge in [-0.25, -0.2) is 0 Å². The van der Waals surface area contributed by atoms with Crippen molar-refractivity contribution in [2.24, 2.45) is 0 Å². The second-order valence-corrected chi connectivity index (χ2v) is 4.98. The molecule has 1 unspecified atom stereocenters. The molecular formula is C18H23NO2. The molecule has 0 aromatic heterocycles. The minimum absolute atomic E-state index is 0.477. The van der Waals surface area contributed by atoms with Crippen LogP contribution in [0.1, 0.15) is 24.2 Å². The van der Waals surface area contributed by atoms with E-state index >= 15 is 0 Å². The van der Waals surface area contributed by atoms with Crippen molar-refractivity contribution in [1.29, 1.82) is 0 Å². The highest BCUT2D eigenvalue weighted by molar-refractivity contribution is 5.27. The molecule has 0 aliphatic rings. The first-order chi connectivity index (χ1) is 10.3. The van der Waals surface area contributed by atoms with Crippen LogP contribution < -0.4 is 10.1 Å². The van der Waals surface area contributed by atoms with Crippen molar-refractivity contribution in [2.75, 3.05) is 19.7 Å². The van der Waals surface area contributed by atoms with Gasteiger partial charge in [-0.1, -0.05) is 49.4 Å². The Bertz CT molecular complexity index is 511. The Hall–Kier alpha value is -1.84. The summed E-state index contributed by atoms with van der Waals surface area (Å²) >= 11 is 0. The summed E-state index contributed by atoms with van der Waals surface area (Å²) in [6.45, 7) is 3.96. The molecule has 0 aliphatic heterocycles. The molecule has 112 valence electrons. The summed E-state index contributed by atoms with van der Waals surface area (Å²) in [5, 5.41) is 13.2. The van der Waals surface area contributed by atoms with Crippen molar-refractivity contribution in [2.45, 2.75) is 19.4 Å². The smallest absolute Gasteiger partial charge is 0.119 e. The minimum atomic E-state index is -0.477. The summed E-state index contributed by atoms with van der Waals surface area (Å²) < 4.78 is 5.65. The monoisotopic (exact) mass is 285 g/mol. The zero-order chi connectivity index (χ0) is 14.9. The summed E-state index contributed by atoms with van der Waals surface area (Å²) in [5.74, 6) is 0.887. The average molecular weight is 285 g/mol. The van der Waals surface area contributed by atoms with Crippen LogP contribution >= 0.6 is 0 Å². The van der Waals surface area contributed by atoms with Crippen molar-refractivity contribution in [1.82, 2.24) is 5.32 Å². The van der Waals surface area contributed by atoms with Gasteiger partial charge in [0.1, 0.15) is 12.4 Å². The minimum Gasteiger partial charge on any atom is -0.492 e. The fourth-order valence-corrected chi connectivity index (χ4v) is 2.09. The summed E-state index contributed by atoms with van der Waals surface area (Å²) in [5.41, 5.74) is 2.24. The van der Waals surface area contributed by atoms with E-state index in [-0.39, 0.29) is 0 Å². The van der Waals surface area contributed by atoms with E-state index in [4.69, 9.17) is 4.74 Å². The molecular weight excluding hydrogens is 262 g/mol. The molecule has 0 saturated heterocycles. The molecule has 2 aromatic rings. The Morgan fingerprint density at radius 2 is 1.76 bits per heavy atom. The van der Waals surface area contributed by atoms with Gasteiger partial charge in [-0.15, -0.1) is 0 Å². The van der Waals surface area contributed by atoms with Gasteiger partial charge in [0, 0.05) is 13.1 Å². The first-order valence-corrected chi connectivity index (χ1v) is 7.45. The Labute approximate surface area is 126 Å². The fourth-order valence-electron chi connectivity index (χ4n) is 2.09. The molecule has 21 heavy (non-hydrogen) atoms. The molecule has 3 nitrogen and oxygen atoms in total. The van der Waals surface area contributed by atoms with E-state index in [1.165, 1.54) is 5.56 Å². The third-order valence-corrected chi connectivity index (χ3v) is 3.40. The van der Waals surface area contributed by atoms with E-state index < -0.39 is 6.10 Å². The number of aliphatic hydroxyl groups excluding tert-OH is 1. The van der Waals surface area contributed by atoms with Crippen LogP contribution in [0.4, 0.5) is 0 Å². The van der Waals surface area contributed by atoms with Crippen molar-refractivity contribution in [3.8, 4) is 5.75 Å². The van der Waals surface area contributed by atoms with Crippen LogP contribution in [0.2, 0.25) is 0 Å². The molecule has 0 spiro atoms. The van der Waals surface area contributed by atoms with Gasteiger partial charge in [-0.2, -0.15) is 0 Å². The zero-order valence-electron chi connectivity index (χ0n) is 12.5. The maximum Gasteiger partial charge on any atom is 0.119 e. The Morgan fingerprint density at radius 3 is 2.43 bits per heavy atom. The maximum atomic E-state index is 9.99. The Morgan fingerprint density at radius 1 is 1.05 bits per heavy atom. The summed E-state index contributed by atoms with van der Waals surface area (Å²) in [6.07, 6.45) is 0.564. The van der Waals surface area contributed by atoms with E-state index in [1.54, 1.807) is 0 Å². The maximum absolute atomic E-state index is 9.99. The summed E-state index contributed by atoms with van der Waals surface area (Å²) in [7, 11) is 0. The van der Waals surface area contributed by atoms with Crippen molar-refractivity contribution in [3.05, 3.63) is 65.7 Å². The van der Waals surface area contributed by atoms with Gasteiger partial charge in [-0.05, 0) is 29.7 Å². The predicted molar refractivity (Wildman–Crippen MR) is 85.6 cm³/mol. The number of aryl methyl sites for hydroxylation is 1. The van der Waals surface area contributed by atoms with Gasteiger partial charge in [0.15, 0.2) is 0 Å². The van der Waals surface area contributed by atoms with Crippen molar-refractivity contribution in [3.63, 3.8) is 0 Å². The third-order valence-electron chi connectivity index (χ3n) is 3.40.